The van der Waals surface area contributed by atoms with Crippen LogP contribution in [0, 0.1) is 6.92 Å². The van der Waals surface area contributed by atoms with Crippen molar-refractivity contribution in [1.82, 2.24) is 14.5 Å². The summed E-state index contributed by atoms with van der Waals surface area (Å²) in [5.41, 5.74) is 0.892. The van der Waals surface area contributed by atoms with Gasteiger partial charge in [-0.25, -0.2) is 9.78 Å². The first-order valence-electron chi connectivity index (χ1n) is 9.20. The Labute approximate surface area is 153 Å². The van der Waals surface area contributed by atoms with Crippen LogP contribution in [0.2, 0.25) is 0 Å². The van der Waals surface area contributed by atoms with Gasteiger partial charge in [0, 0.05) is 11.6 Å². The Morgan fingerprint density at radius 1 is 1.38 bits per heavy atom. The fourth-order valence-electron chi connectivity index (χ4n) is 3.71. The van der Waals surface area contributed by atoms with Gasteiger partial charge in [0.25, 0.3) is 5.56 Å². The van der Waals surface area contributed by atoms with Gasteiger partial charge in [-0.3, -0.25) is 14.3 Å². The standard InChI is InChI=1S/C20H27N3O3/c1-6-15(23(19(25)26)20(3,4)5)17-21-14-9-7-8-12(2)16(14)18(24)22(17)13-10-11-13/h7-9,13,15H,6,10-11H2,1-5H3,(H,25,26)/t15-/m0/s1. The Balaban J connectivity index is 2.30. The zero-order valence-electron chi connectivity index (χ0n) is 16.1. The molecular weight excluding hydrogens is 330 g/mol. The number of fused-ring (bicyclic) bond motifs is 1. The van der Waals surface area contributed by atoms with Gasteiger partial charge in [0.2, 0.25) is 0 Å². The van der Waals surface area contributed by atoms with Crippen LogP contribution in [0.15, 0.2) is 23.0 Å². The molecule has 6 heteroatoms. The molecule has 0 spiro atoms. The molecule has 6 nitrogen and oxygen atoms in total. The van der Waals surface area contributed by atoms with Crippen LogP contribution < -0.4 is 5.56 Å². The summed E-state index contributed by atoms with van der Waals surface area (Å²) in [6.45, 7) is 9.46. The van der Waals surface area contributed by atoms with Gasteiger partial charge >= 0.3 is 6.09 Å². The van der Waals surface area contributed by atoms with Crippen LogP contribution in [0.25, 0.3) is 10.9 Å². The van der Waals surface area contributed by atoms with Crippen LogP contribution >= 0.6 is 0 Å². The molecular formula is C20H27N3O3. The molecule has 1 fully saturated rings. The smallest absolute Gasteiger partial charge is 0.408 e. The molecule has 0 aliphatic heterocycles. The zero-order valence-corrected chi connectivity index (χ0v) is 16.1. The van der Waals surface area contributed by atoms with E-state index in [0.29, 0.717) is 23.1 Å². The van der Waals surface area contributed by atoms with Crippen LogP contribution in [-0.2, 0) is 0 Å². The summed E-state index contributed by atoms with van der Waals surface area (Å²) in [7, 11) is 0. The van der Waals surface area contributed by atoms with E-state index in [9.17, 15) is 14.7 Å². The third-order valence-corrected chi connectivity index (χ3v) is 5.00. The molecule has 0 radical (unpaired) electrons. The summed E-state index contributed by atoms with van der Waals surface area (Å²) < 4.78 is 1.76. The number of carboxylic acid groups (broad SMARTS) is 1. The molecule has 1 aliphatic rings. The van der Waals surface area contributed by atoms with Gasteiger partial charge in [0.1, 0.15) is 5.82 Å². The topological polar surface area (TPSA) is 75.4 Å². The fourth-order valence-corrected chi connectivity index (χ4v) is 3.71. The van der Waals surface area contributed by atoms with E-state index in [-0.39, 0.29) is 11.6 Å². The van der Waals surface area contributed by atoms with E-state index in [1.807, 2.05) is 52.8 Å². The maximum atomic E-state index is 13.3. The zero-order chi connectivity index (χ0) is 19.2. The molecule has 0 bridgehead atoms. The number of hydrogen-bond donors (Lipinski definition) is 1. The van der Waals surface area contributed by atoms with Crippen molar-refractivity contribution in [2.45, 2.75) is 71.5 Å². The highest BCUT2D eigenvalue weighted by atomic mass is 16.4. The normalized spacial score (nSPS) is 15.9. The van der Waals surface area contributed by atoms with Crippen molar-refractivity contribution in [2.75, 3.05) is 0 Å². The molecule has 0 saturated heterocycles. The fraction of sp³-hybridized carbons (Fsp3) is 0.550. The largest absolute Gasteiger partial charge is 0.465 e. The van der Waals surface area contributed by atoms with Gasteiger partial charge in [-0.1, -0.05) is 19.1 Å². The SMILES string of the molecule is CC[C@@H](c1nc2cccc(C)c2c(=O)n1C1CC1)N(C(=O)O)C(C)(C)C. The summed E-state index contributed by atoms with van der Waals surface area (Å²) in [6, 6.07) is 5.29. The second-order valence-electron chi connectivity index (χ2n) is 8.09. The number of amides is 1. The molecule has 140 valence electrons. The van der Waals surface area contributed by atoms with Crippen molar-refractivity contribution in [3.05, 3.63) is 39.9 Å². The Hall–Kier alpha value is -2.37. The summed E-state index contributed by atoms with van der Waals surface area (Å²) in [6.07, 6.45) is 1.43. The highest BCUT2D eigenvalue weighted by Crippen LogP contribution is 2.38. The highest BCUT2D eigenvalue weighted by molar-refractivity contribution is 5.81. The lowest BCUT2D eigenvalue weighted by atomic mass is 10.0. The maximum Gasteiger partial charge on any atom is 0.408 e. The Morgan fingerprint density at radius 2 is 2.04 bits per heavy atom. The Morgan fingerprint density at radius 3 is 2.54 bits per heavy atom. The first-order valence-corrected chi connectivity index (χ1v) is 9.20. The minimum atomic E-state index is -0.995. The van der Waals surface area contributed by atoms with Gasteiger partial charge in [-0.05, 0) is 58.6 Å². The number of aryl methyl sites for hydroxylation is 1. The predicted molar refractivity (Wildman–Crippen MR) is 102 cm³/mol. The van der Waals surface area contributed by atoms with Crippen LogP contribution in [0.3, 0.4) is 0 Å². The van der Waals surface area contributed by atoms with E-state index in [4.69, 9.17) is 4.98 Å². The average Bonchev–Trinajstić information content (AvgIpc) is 3.35. The molecule has 0 unspecified atom stereocenters. The predicted octanol–water partition coefficient (Wildman–Crippen LogP) is 4.27. The molecule has 2 aromatic rings. The molecule has 1 N–H and O–H groups in total. The van der Waals surface area contributed by atoms with Crippen molar-refractivity contribution in [2.24, 2.45) is 0 Å². The first kappa shape index (κ1) is 18.4. The number of hydrogen-bond acceptors (Lipinski definition) is 3. The number of rotatable bonds is 4. The quantitative estimate of drug-likeness (QED) is 0.886. The van der Waals surface area contributed by atoms with E-state index < -0.39 is 17.7 Å². The molecule has 1 heterocycles. The van der Waals surface area contributed by atoms with Crippen molar-refractivity contribution in [1.29, 1.82) is 0 Å². The first-order chi connectivity index (χ1) is 12.2. The molecule has 1 saturated carbocycles. The minimum Gasteiger partial charge on any atom is -0.465 e. The van der Waals surface area contributed by atoms with Crippen molar-refractivity contribution in [3.63, 3.8) is 0 Å². The lowest BCUT2D eigenvalue weighted by Gasteiger charge is -2.39. The van der Waals surface area contributed by atoms with Crippen molar-refractivity contribution < 1.29 is 9.90 Å². The van der Waals surface area contributed by atoms with Gasteiger partial charge in [0.15, 0.2) is 0 Å². The van der Waals surface area contributed by atoms with Crippen LogP contribution in [0.5, 0.6) is 0 Å². The summed E-state index contributed by atoms with van der Waals surface area (Å²) in [5, 5.41) is 10.5. The maximum absolute atomic E-state index is 13.3. The molecule has 1 atom stereocenters. The molecule has 1 amide bonds. The number of nitrogens with zero attached hydrogens (tertiary/aromatic N) is 3. The van der Waals surface area contributed by atoms with Crippen LogP contribution in [0.1, 0.15) is 70.4 Å². The second kappa shape index (κ2) is 6.41. The molecule has 1 aromatic heterocycles. The molecule has 1 aliphatic carbocycles. The Kier molecular flexibility index (Phi) is 4.54. The molecule has 3 rings (SSSR count). The van der Waals surface area contributed by atoms with Crippen molar-refractivity contribution >= 4 is 17.0 Å². The van der Waals surface area contributed by atoms with Crippen molar-refractivity contribution in [3.8, 4) is 0 Å². The third kappa shape index (κ3) is 3.08. The number of benzene rings is 1. The average molecular weight is 357 g/mol. The summed E-state index contributed by atoms with van der Waals surface area (Å²) >= 11 is 0. The van der Waals surface area contributed by atoms with E-state index in [2.05, 4.69) is 0 Å². The minimum absolute atomic E-state index is 0.0525. The van der Waals surface area contributed by atoms with E-state index in [0.717, 1.165) is 18.4 Å². The number of aromatic nitrogens is 2. The van der Waals surface area contributed by atoms with Gasteiger partial charge < -0.3 is 5.11 Å². The molecule has 1 aromatic carbocycles. The Bertz CT molecular complexity index is 907. The summed E-state index contributed by atoms with van der Waals surface area (Å²) in [4.78, 5) is 31.5. The van der Waals surface area contributed by atoms with E-state index >= 15 is 0 Å². The lowest BCUT2D eigenvalue weighted by Crippen LogP contribution is -2.48. The molecule has 26 heavy (non-hydrogen) atoms. The third-order valence-electron chi connectivity index (χ3n) is 5.00. The summed E-state index contributed by atoms with van der Waals surface area (Å²) in [5.74, 6) is 0.565. The lowest BCUT2D eigenvalue weighted by molar-refractivity contribution is 0.0637. The van der Waals surface area contributed by atoms with E-state index in [1.54, 1.807) is 4.57 Å². The second-order valence-corrected chi connectivity index (χ2v) is 8.09. The van der Waals surface area contributed by atoms with Crippen LogP contribution in [-0.4, -0.2) is 31.2 Å². The van der Waals surface area contributed by atoms with Crippen LogP contribution in [0.4, 0.5) is 4.79 Å². The number of carbonyl (C=O) groups is 1. The van der Waals surface area contributed by atoms with Gasteiger partial charge in [-0.15, -0.1) is 0 Å². The monoisotopic (exact) mass is 357 g/mol. The highest BCUT2D eigenvalue weighted by Gasteiger charge is 2.38. The van der Waals surface area contributed by atoms with E-state index in [1.165, 1.54) is 4.90 Å². The van der Waals surface area contributed by atoms with Gasteiger partial charge in [0.05, 0.1) is 16.9 Å². The van der Waals surface area contributed by atoms with Gasteiger partial charge in [-0.2, -0.15) is 0 Å².